The molecule has 2 heterocycles. The van der Waals surface area contributed by atoms with E-state index in [0.717, 1.165) is 28.4 Å². The first-order valence-electron chi connectivity index (χ1n) is 6.75. The molecule has 0 radical (unpaired) electrons. The zero-order chi connectivity index (χ0) is 17.9. The lowest BCUT2D eigenvalue weighted by Gasteiger charge is -2.12. The first kappa shape index (κ1) is 18.8. The van der Waals surface area contributed by atoms with Gasteiger partial charge in [-0.25, -0.2) is 0 Å². The van der Waals surface area contributed by atoms with Crippen LogP contribution in [0.4, 0.5) is 13.2 Å². The zero-order valence-electron chi connectivity index (χ0n) is 12.7. The van der Waals surface area contributed by atoms with Crippen LogP contribution in [0.25, 0.3) is 5.65 Å². The molecule has 6 nitrogen and oxygen atoms in total. The number of fused-ring (bicyclic) bond motifs is 1. The van der Waals surface area contributed by atoms with E-state index in [1.54, 1.807) is 6.92 Å². The van der Waals surface area contributed by atoms with Gasteiger partial charge in [-0.1, -0.05) is 23.4 Å². The van der Waals surface area contributed by atoms with Crippen molar-refractivity contribution in [3.05, 3.63) is 22.8 Å². The van der Waals surface area contributed by atoms with E-state index in [4.69, 9.17) is 16.3 Å². The van der Waals surface area contributed by atoms with Crippen LogP contribution in [0.1, 0.15) is 12.5 Å². The maximum absolute atomic E-state index is 12.9. The van der Waals surface area contributed by atoms with E-state index in [2.05, 4.69) is 15.5 Å². The molecule has 0 aliphatic rings. The van der Waals surface area contributed by atoms with Crippen molar-refractivity contribution in [2.24, 2.45) is 0 Å². The molecule has 24 heavy (non-hydrogen) atoms. The number of nitrogens with one attached hydrogen (secondary N) is 1. The van der Waals surface area contributed by atoms with E-state index >= 15 is 0 Å². The van der Waals surface area contributed by atoms with Crippen molar-refractivity contribution in [3.63, 3.8) is 0 Å². The van der Waals surface area contributed by atoms with Crippen LogP contribution in [-0.2, 0) is 15.7 Å². The Bertz CT molecular complexity index is 738. The van der Waals surface area contributed by atoms with Crippen LogP contribution in [0.5, 0.6) is 0 Å². The quantitative estimate of drug-likeness (QED) is 0.778. The van der Waals surface area contributed by atoms with E-state index in [9.17, 15) is 18.0 Å². The summed E-state index contributed by atoms with van der Waals surface area (Å²) in [6, 6.07) is 0.614. The standard InChI is InChI=1S/C13H14ClF3N4O2S/c1-7(5-23-2)18-10(22)6-24-12-20-19-11-9(14)3-8(4-21(11)12)13(15,16)17/h3-4,7H,5-6H2,1-2H3,(H,18,22)/t7-/m1/s1. The molecule has 0 aliphatic heterocycles. The smallest absolute Gasteiger partial charge is 0.383 e. The number of carbonyl (C=O) groups is 1. The molecule has 1 amide bonds. The summed E-state index contributed by atoms with van der Waals surface area (Å²) in [6.07, 6.45) is -3.69. The lowest BCUT2D eigenvalue weighted by atomic mass is 10.3. The van der Waals surface area contributed by atoms with Gasteiger partial charge in [0.25, 0.3) is 0 Å². The Hall–Kier alpha value is -1.52. The molecule has 11 heteroatoms. The highest BCUT2D eigenvalue weighted by Crippen LogP contribution is 2.33. The van der Waals surface area contributed by atoms with Gasteiger partial charge in [-0.15, -0.1) is 10.2 Å². The van der Waals surface area contributed by atoms with Crippen LogP contribution >= 0.6 is 23.4 Å². The Morgan fingerprint density at radius 3 is 2.83 bits per heavy atom. The molecule has 2 aromatic rings. The lowest BCUT2D eigenvalue weighted by molar-refractivity contribution is -0.137. The summed E-state index contributed by atoms with van der Waals surface area (Å²) in [6.45, 7) is 2.13. The highest BCUT2D eigenvalue weighted by molar-refractivity contribution is 7.99. The highest BCUT2D eigenvalue weighted by atomic mass is 35.5. The number of amides is 1. The van der Waals surface area contributed by atoms with Crippen molar-refractivity contribution in [3.8, 4) is 0 Å². The second kappa shape index (κ2) is 7.58. The number of carbonyl (C=O) groups excluding carboxylic acids is 1. The second-order valence-corrected chi connectivity index (χ2v) is 6.31. The largest absolute Gasteiger partial charge is 0.417 e. The van der Waals surface area contributed by atoms with Crippen molar-refractivity contribution in [2.75, 3.05) is 19.5 Å². The Kier molecular flexibility index (Phi) is 5.94. The number of hydrogen-bond acceptors (Lipinski definition) is 5. The minimum absolute atomic E-state index is 0.0251. The van der Waals surface area contributed by atoms with Gasteiger partial charge in [0.2, 0.25) is 5.91 Å². The number of methoxy groups -OCH3 is 1. The van der Waals surface area contributed by atoms with E-state index in [0.29, 0.717) is 6.61 Å². The predicted molar refractivity (Wildman–Crippen MR) is 83.2 cm³/mol. The lowest BCUT2D eigenvalue weighted by Crippen LogP contribution is -2.36. The maximum Gasteiger partial charge on any atom is 0.417 e. The van der Waals surface area contributed by atoms with Gasteiger partial charge in [0.05, 0.1) is 22.9 Å². The van der Waals surface area contributed by atoms with Gasteiger partial charge in [0, 0.05) is 19.3 Å². The topological polar surface area (TPSA) is 68.5 Å². The third kappa shape index (κ3) is 4.52. The number of thioether (sulfide) groups is 1. The van der Waals surface area contributed by atoms with Crippen molar-refractivity contribution in [1.82, 2.24) is 19.9 Å². The normalized spacial score (nSPS) is 13.2. The van der Waals surface area contributed by atoms with Gasteiger partial charge in [0.1, 0.15) is 0 Å². The molecule has 0 unspecified atom stereocenters. The summed E-state index contributed by atoms with van der Waals surface area (Å²) in [5, 5.41) is 10.2. The van der Waals surface area contributed by atoms with Crippen molar-refractivity contribution >= 4 is 34.9 Å². The first-order chi connectivity index (χ1) is 11.2. The van der Waals surface area contributed by atoms with Crippen LogP contribution in [0, 0.1) is 0 Å². The van der Waals surface area contributed by atoms with Gasteiger partial charge in [-0.2, -0.15) is 13.2 Å². The molecule has 0 spiro atoms. The monoisotopic (exact) mass is 382 g/mol. The van der Waals surface area contributed by atoms with E-state index in [-0.39, 0.29) is 33.5 Å². The minimum atomic E-state index is -4.54. The molecule has 0 bridgehead atoms. The number of hydrogen-bond donors (Lipinski definition) is 1. The number of alkyl halides is 3. The van der Waals surface area contributed by atoms with Gasteiger partial charge in [-0.3, -0.25) is 9.20 Å². The summed E-state index contributed by atoms with van der Waals surface area (Å²) in [4.78, 5) is 11.8. The molecule has 2 aromatic heterocycles. The third-order valence-corrected chi connectivity index (χ3v) is 4.13. The van der Waals surface area contributed by atoms with Crippen LogP contribution < -0.4 is 5.32 Å². The van der Waals surface area contributed by atoms with Crippen LogP contribution in [0.2, 0.25) is 5.02 Å². The van der Waals surface area contributed by atoms with Gasteiger partial charge >= 0.3 is 6.18 Å². The summed E-state index contributed by atoms with van der Waals surface area (Å²) in [5.74, 6) is -0.317. The van der Waals surface area contributed by atoms with Crippen molar-refractivity contribution < 1.29 is 22.7 Å². The fourth-order valence-corrected chi connectivity index (χ4v) is 2.89. The number of ether oxygens (including phenoxy) is 1. The van der Waals surface area contributed by atoms with Crippen LogP contribution in [0.3, 0.4) is 0 Å². The van der Waals surface area contributed by atoms with E-state index < -0.39 is 11.7 Å². The third-order valence-electron chi connectivity index (χ3n) is 2.91. The fraction of sp³-hybridized carbons (Fsp3) is 0.462. The first-order valence-corrected chi connectivity index (χ1v) is 8.11. The molecule has 0 saturated carbocycles. The Labute approximate surface area is 144 Å². The van der Waals surface area contributed by atoms with Gasteiger partial charge in [0.15, 0.2) is 10.8 Å². The highest BCUT2D eigenvalue weighted by Gasteiger charge is 2.32. The number of aromatic nitrogens is 3. The second-order valence-electron chi connectivity index (χ2n) is 4.96. The molecular weight excluding hydrogens is 369 g/mol. The Morgan fingerprint density at radius 2 is 2.21 bits per heavy atom. The molecule has 0 saturated heterocycles. The molecule has 1 N–H and O–H groups in total. The SMILES string of the molecule is COC[C@@H](C)NC(=O)CSc1nnc2c(Cl)cc(C(F)(F)F)cn12. The average Bonchev–Trinajstić information content (AvgIpc) is 2.88. The zero-order valence-corrected chi connectivity index (χ0v) is 14.3. The van der Waals surface area contributed by atoms with E-state index in [1.807, 2.05) is 0 Å². The molecule has 2 rings (SSSR count). The van der Waals surface area contributed by atoms with Crippen LogP contribution in [-0.4, -0.2) is 46.0 Å². The number of halogens is 4. The molecular formula is C13H14ClF3N4O2S. The predicted octanol–water partition coefficient (Wildman–Crippen LogP) is 2.64. The average molecular weight is 383 g/mol. The number of rotatable bonds is 6. The molecule has 0 aliphatic carbocycles. The van der Waals surface area contributed by atoms with Gasteiger partial charge in [-0.05, 0) is 13.0 Å². The number of nitrogens with zero attached hydrogens (tertiary/aromatic N) is 3. The minimum Gasteiger partial charge on any atom is -0.383 e. The summed E-state index contributed by atoms with van der Waals surface area (Å²) in [5.41, 5.74) is -0.819. The summed E-state index contributed by atoms with van der Waals surface area (Å²) >= 11 is 6.79. The molecule has 0 aromatic carbocycles. The molecule has 132 valence electrons. The van der Waals surface area contributed by atoms with Crippen molar-refractivity contribution in [1.29, 1.82) is 0 Å². The summed E-state index contributed by atoms with van der Waals surface area (Å²) in [7, 11) is 1.52. The van der Waals surface area contributed by atoms with Gasteiger partial charge < -0.3 is 10.1 Å². The maximum atomic E-state index is 12.9. The fourth-order valence-electron chi connectivity index (χ4n) is 1.93. The van der Waals surface area contributed by atoms with E-state index in [1.165, 1.54) is 7.11 Å². The molecule has 1 atom stereocenters. The Morgan fingerprint density at radius 1 is 1.50 bits per heavy atom. The molecule has 0 fully saturated rings. The van der Waals surface area contributed by atoms with Crippen LogP contribution in [0.15, 0.2) is 17.4 Å². The summed E-state index contributed by atoms with van der Waals surface area (Å²) < 4.78 is 44.6. The number of pyridine rings is 1. The van der Waals surface area contributed by atoms with Crippen molar-refractivity contribution in [2.45, 2.75) is 24.3 Å². The Balaban J connectivity index is 2.15.